The van der Waals surface area contributed by atoms with Crippen LogP contribution in [0.1, 0.15) is 74.1 Å². The van der Waals surface area contributed by atoms with Crippen LogP contribution in [0, 0.1) is 0 Å². The highest BCUT2D eigenvalue weighted by molar-refractivity contribution is 5.97. The number of rotatable bonds is 16. The van der Waals surface area contributed by atoms with Crippen LogP contribution in [0.5, 0.6) is 0 Å². The van der Waals surface area contributed by atoms with Gasteiger partial charge < -0.3 is 9.97 Å². The molecule has 76 heavy (non-hydrogen) atoms. The first-order chi connectivity index (χ1) is 36.2. The van der Waals surface area contributed by atoms with E-state index >= 15 is 0 Å². The van der Waals surface area contributed by atoms with E-state index in [0.29, 0.717) is 89.9 Å². The predicted octanol–water partition coefficient (Wildman–Crippen LogP) is 13.8. The van der Waals surface area contributed by atoms with Crippen molar-refractivity contribution in [3.8, 4) is 45.0 Å². The van der Waals surface area contributed by atoms with E-state index in [-0.39, 0.29) is 51.9 Å². The number of aromatic nitrogens is 8. The molecular weight excluding hydrogens is 1010 g/mol. The van der Waals surface area contributed by atoms with Gasteiger partial charge in [0.1, 0.15) is 26.2 Å². The Morgan fingerprint density at radius 1 is 0.316 bits per heavy atom. The van der Waals surface area contributed by atoms with Crippen molar-refractivity contribution in [2.24, 2.45) is 0 Å². The highest BCUT2D eigenvalue weighted by atomic mass is 19.4. The lowest BCUT2D eigenvalue weighted by Gasteiger charge is -2.09. The van der Waals surface area contributed by atoms with Gasteiger partial charge in [0.2, 0.25) is 22.8 Å². The summed E-state index contributed by atoms with van der Waals surface area (Å²) in [6.07, 6.45) is -9.17. The van der Waals surface area contributed by atoms with Gasteiger partial charge in [-0.25, -0.2) is 9.97 Å². The number of pyridine rings is 4. The van der Waals surface area contributed by atoms with Crippen LogP contribution in [-0.2, 0) is 26.2 Å². The number of hydrogen-bond donors (Lipinski definition) is 2. The summed E-state index contributed by atoms with van der Waals surface area (Å²) in [5, 5.41) is 0. The number of aromatic amines is 2. The van der Waals surface area contributed by atoms with Gasteiger partial charge in [0, 0.05) is 99.9 Å². The molecule has 20 heteroatoms. The number of H-pyrrole nitrogens is 2. The molecule has 9 rings (SSSR count). The van der Waals surface area contributed by atoms with Gasteiger partial charge in [-0.05, 0) is 72.8 Å². The highest BCUT2D eigenvalue weighted by Gasteiger charge is 2.33. The molecule has 2 N–H and O–H groups in total. The van der Waals surface area contributed by atoms with Crippen molar-refractivity contribution in [1.82, 2.24) is 19.9 Å². The van der Waals surface area contributed by atoms with Gasteiger partial charge in [0.05, 0.1) is 67.1 Å². The Balaban J connectivity index is 1.40. The number of nitrogens with one attached hydrogen (secondary N) is 2. The largest absolute Gasteiger partial charge is 0.389 e. The molecule has 0 fully saturated rings. The molecule has 0 atom stereocenters. The third-order valence-electron chi connectivity index (χ3n) is 13.0. The Morgan fingerprint density at radius 3 is 0.750 bits per heavy atom. The van der Waals surface area contributed by atoms with Crippen LogP contribution in [0.3, 0.4) is 0 Å². The summed E-state index contributed by atoms with van der Waals surface area (Å²) >= 11 is 0. The van der Waals surface area contributed by atoms with Crippen LogP contribution >= 0.6 is 0 Å². The molecule has 7 aromatic rings. The second-order valence-corrected chi connectivity index (χ2v) is 18.5. The van der Waals surface area contributed by atoms with E-state index in [1.54, 1.807) is 164 Å². The van der Waals surface area contributed by atoms with Crippen molar-refractivity contribution in [3.05, 3.63) is 145 Å². The molecule has 394 valence electrons. The Kier molecular flexibility index (Phi) is 15.3. The molecule has 8 bridgehead atoms. The van der Waals surface area contributed by atoms with Gasteiger partial charge >= 0.3 is 24.7 Å². The Labute approximate surface area is 428 Å². The second kappa shape index (κ2) is 21.9. The maximum atomic E-state index is 13.6. The van der Waals surface area contributed by atoms with Gasteiger partial charge in [-0.3, -0.25) is 0 Å². The van der Waals surface area contributed by atoms with Crippen LogP contribution in [0.15, 0.2) is 122 Å². The molecule has 2 aliphatic heterocycles. The predicted molar refractivity (Wildman–Crippen MR) is 263 cm³/mol. The minimum atomic E-state index is -4.41. The fraction of sp³-hybridized carbons (Fsp3) is 0.286. The Hall–Kier alpha value is -7.64. The minimum absolute atomic E-state index is 0.0347. The number of hydrogen-bond acceptors (Lipinski definition) is 2. The van der Waals surface area contributed by atoms with E-state index in [2.05, 4.69) is 9.97 Å². The van der Waals surface area contributed by atoms with E-state index in [1.165, 1.54) is 0 Å². The summed E-state index contributed by atoms with van der Waals surface area (Å²) in [7, 11) is 0. The molecule has 0 aromatic carbocycles. The molecule has 8 nitrogen and oxygen atoms in total. The average Bonchev–Trinajstić information content (AvgIpc) is 4.29. The molecule has 9 heterocycles. The zero-order valence-electron chi connectivity index (χ0n) is 40.6. The van der Waals surface area contributed by atoms with Crippen molar-refractivity contribution in [3.63, 3.8) is 0 Å². The summed E-state index contributed by atoms with van der Waals surface area (Å²) in [4.78, 5) is 17.5. The van der Waals surface area contributed by atoms with E-state index in [0.717, 1.165) is 0 Å². The summed E-state index contributed by atoms with van der Waals surface area (Å²) in [5.41, 5.74) is 7.06. The standard InChI is InChI=1S/C56H49F12N8/c57-53(58,59)25-9-33-73-29-5-1-13-45(73)49-37-17-19-39(69-37)50(46-14-2-6-30-74(46)34-10-26-54(60,61)62)41-21-23-43(71-41)52(48-16-4-8-32-76(48)36-12-28-56(66,67)68)44-24-22-42(72-44)51(40-20-18-38(49)70-40)47-15-3-7-31-75(47)35-11-27-55(63,64)65/h1-8,13-24,29-32H,9-12,25-28,33-36H2,(H,69,70,71,72)/q+3/p+1. The van der Waals surface area contributed by atoms with Crippen molar-refractivity contribution >= 4 is 46.4 Å². The smallest absolute Gasteiger partial charge is 0.354 e. The van der Waals surface area contributed by atoms with Crippen molar-refractivity contribution < 1.29 is 71.0 Å². The SMILES string of the molecule is FC(F)(F)CCC[n+]1ccccc1-c1c2nc(c(-c3cccc[n+]3CCCC(F)(F)F)c3ccc([nH]3)c(-c3cccc[n+]3CCCC(F)(F)F)c3nc(c(-c4cccc[n+]4CCCC(F)(F)F)c4ccc1[nH]4)C=C3)C=C2. The molecule has 0 amide bonds. The third-order valence-corrected chi connectivity index (χ3v) is 13.0. The summed E-state index contributed by atoms with van der Waals surface area (Å²) in [6, 6.07) is 27.8. The van der Waals surface area contributed by atoms with Gasteiger partial charge in [0.15, 0.2) is 24.8 Å². The van der Waals surface area contributed by atoms with E-state index in [4.69, 9.17) is 9.97 Å². The third kappa shape index (κ3) is 12.9. The average molecular weight is 1060 g/mol. The number of alkyl halides is 12. The van der Waals surface area contributed by atoms with Crippen molar-refractivity contribution in [2.45, 2.75) is 102 Å². The number of halogens is 12. The molecule has 7 aromatic heterocycles. The molecule has 0 saturated heterocycles. The van der Waals surface area contributed by atoms with Crippen LogP contribution in [0.4, 0.5) is 52.7 Å². The molecule has 0 radical (unpaired) electrons. The lowest BCUT2D eigenvalue weighted by molar-refractivity contribution is -0.687. The molecule has 0 saturated carbocycles. The lowest BCUT2D eigenvalue weighted by Crippen LogP contribution is -2.36. The minimum Gasteiger partial charge on any atom is -0.354 e. The van der Waals surface area contributed by atoms with E-state index < -0.39 is 50.4 Å². The van der Waals surface area contributed by atoms with Gasteiger partial charge in [0.25, 0.3) is 0 Å². The zero-order valence-corrected chi connectivity index (χ0v) is 40.6. The fourth-order valence-electron chi connectivity index (χ4n) is 9.68. The number of aryl methyl sites for hydroxylation is 4. The normalized spacial score (nSPS) is 13.0. The summed E-state index contributed by atoms with van der Waals surface area (Å²) < 4.78 is 170. The zero-order chi connectivity index (χ0) is 53.8. The van der Waals surface area contributed by atoms with Crippen molar-refractivity contribution in [2.75, 3.05) is 0 Å². The van der Waals surface area contributed by atoms with Crippen LogP contribution in [0.25, 0.3) is 91.4 Å². The number of nitrogens with zero attached hydrogens (tertiary/aromatic N) is 6. The van der Waals surface area contributed by atoms with Gasteiger partial charge in [-0.1, -0.05) is 0 Å². The Morgan fingerprint density at radius 2 is 0.539 bits per heavy atom. The topological polar surface area (TPSA) is 72.9 Å². The molecule has 0 unspecified atom stereocenters. The van der Waals surface area contributed by atoms with Crippen molar-refractivity contribution in [1.29, 1.82) is 0 Å². The van der Waals surface area contributed by atoms with Crippen LogP contribution in [0.2, 0.25) is 0 Å². The highest BCUT2D eigenvalue weighted by Crippen LogP contribution is 2.37. The quantitative estimate of drug-likeness (QED) is 0.0747. The second-order valence-electron chi connectivity index (χ2n) is 18.5. The number of fused-ring (bicyclic) bond motifs is 8. The first-order valence-electron chi connectivity index (χ1n) is 24.6. The van der Waals surface area contributed by atoms with E-state index in [1.807, 2.05) is 0 Å². The first-order valence-corrected chi connectivity index (χ1v) is 24.6. The van der Waals surface area contributed by atoms with Gasteiger partial charge in [-0.15, -0.1) is 0 Å². The van der Waals surface area contributed by atoms with Gasteiger partial charge in [-0.2, -0.15) is 71.0 Å². The first kappa shape index (κ1) is 53.2. The molecule has 0 aliphatic carbocycles. The van der Waals surface area contributed by atoms with Crippen LogP contribution < -0.4 is 18.3 Å². The maximum Gasteiger partial charge on any atom is 0.389 e. The maximum absolute atomic E-state index is 13.6. The monoisotopic (exact) mass is 1060 g/mol. The fourth-order valence-corrected chi connectivity index (χ4v) is 9.68. The molecular formula is C56H50F12N8+4. The molecule has 0 spiro atoms. The van der Waals surface area contributed by atoms with E-state index in [9.17, 15) is 52.7 Å². The summed E-state index contributed by atoms with van der Waals surface area (Å²) in [6.45, 7) is -0.139. The van der Waals surface area contributed by atoms with Crippen LogP contribution in [-0.4, -0.2) is 44.6 Å². The lowest BCUT2D eigenvalue weighted by atomic mass is 10.1. The molecule has 2 aliphatic rings. The Bertz CT molecular complexity index is 3030. The summed E-state index contributed by atoms with van der Waals surface area (Å²) in [5.74, 6) is 0.